The molecule has 1 fully saturated rings. The summed E-state index contributed by atoms with van der Waals surface area (Å²) < 4.78 is 2.28. The van der Waals surface area contributed by atoms with Gasteiger partial charge in [0.25, 0.3) is 0 Å². The Hall–Kier alpha value is -3.54. The van der Waals surface area contributed by atoms with Crippen molar-refractivity contribution in [3.8, 4) is 22.5 Å². The summed E-state index contributed by atoms with van der Waals surface area (Å²) in [4.78, 5) is 21.0. The second-order valence-corrected chi connectivity index (χ2v) is 9.07. The molecule has 3 aromatic heterocycles. The molecule has 6 heteroatoms. The second-order valence-electron chi connectivity index (χ2n) is 9.07. The zero-order valence-electron chi connectivity index (χ0n) is 18.1. The monoisotopic (exact) mass is 423 g/mol. The summed E-state index contributed by atoms with van der Waals surface area (Å²) in [6, 6.07) is 14.8. The summed E-state index contributed by atoms with van der Waals surface area (Å²) >= 11 is 0. The molecule has 32 heavy (non-hydrogen) atoms. The first-order chi connectivity index (χ1) is 15.6. The molecule has 0 atom stereocenters. The second kappa shape index (κ2) is 7.26. The van der Waals surface area contributed by atoms with Crippen molar-refractivity contribution in [3.05, 3.63) is 65.6 Å². The summed E-state index contributed by atoms with van der Waals surface area (Å²) in [7, 11) is 0. The third-order valence-electron chi connectivity index (χ3n) is 6.99. The van der Waals surface area contributed by atoms with E-state index in [9.17, 15) is 4.79 Å². The Morgan fingerprint density at radius 3 is 2.75 bits per heavy atom. The minimum absolute atomic E-state index is 0.200. The summed E-state index contributed by atoms with van der Waals surface area (Å²) in [5, 5.41) is 6.10. The van der Waals surface area contributed by atoms with E-state index >= 15 is 0 Å². The fourth-order valence-corrected chi connectivity index (χ4v) is 5.55. The molecule has 3 aliphatic rings. The van der Waals surface area contributed by atoms with E-state index in [-0.39, 0.29) is 12.3 Å². The van der Waals surface area contributed by atoms with Crippen molar-refractivity contribution in [3.63, 3.8) is 0 Å². The van der Waals surface area contributed by atoms with E-state index in [1.165, 1.54) is 36.9 Å². The number of carbonyl (C=O) groups excluding carboxylic acids is 1. The molecular weight excluding hydrogens is 398 g/mol. The van der Waals surface area contributed by atoms with Crippen molar-refractivity contribution in [2.24, 2.45) is 5.73 Å². The fraction of sp³-hybridized carbons (Fsp3) is 0.308. The highest BCUT2D eigenvalue weighted by Gasteiger charge is 2.38. The highest BCUT2D eigenvalue weighted by Crippen LogP contribution is 2.50. The van der Waals surface area contributed by atoms with Crippen molar-refractivity contribution in [2.45, 2.75) is 51.0 Å². The molecule has 1 aliphatic carbocycles. The lowest BCUT2D eigenvalue weighted by Crippen LogP contribution is -2.28. The van der Waals surface area contributed by atoms with Crippen LogP contribution >= 0.6 is 0 Å². The van der Waals surface area contributed by atoms with Crippen molar-refractivity contribution >= 4 is 16.8 Å². The van der Waals surface area contributed by atoms with E-state index in [1.807, 2.05) is 37.3 Å². The molecule has 6 nitrogen and oxygen atoms in total. The number of hydrogen-bond donors (Lipinski definition) is 1. The van der Waals surface area contributed by atoms with E-state index in [0.29, 0.717) is 12.0 Å². The van der Waals surface area contributed by atoms with Gasteiger partial charge in [0.2, 0.25) is 5.91 Å². The van der Waals surface area contributed by atoms with Crippen LogP contribution in [0.15, 0.2) is 48.7 Å². The molecule has 2 N–H and O–H groups in total. The van der Waals surface area contributed by atoms with Gasteiger partial charge in [0.15, 0.2) is 0 Å². The van der Waals surface area contributed by atoms with Crippen molar-refractivity contribution < 1.29 is 4.79 Å². The van der Waals surface area contributed by atoms with Gasteiger partial charge in [0.1, 0.15) is 5.69 Å². The zero-order chi connectivity index (χ0) is 21.8. The van der Waals surface area contributed by atoms with Crippen LogP contribution in [0.2, 0.25) is 0 Å². The number of primary amides is 1. The van der Waals surface area contributed by atoms with E-state index in [0.717, 1.165) is 39.1 Å². The molecule has 0 saturated heterocycles. The summed E-state index contributed by atoms with van der Waals surface area (Å²) in [6.45, 7) is 2.01. The maximum absolute atomic E-state index is 11.7. The third-order valence-corrected chi connectivity index (χ3v) is 6.99. The molecule has 1 amide bonds. The molecule has 1 saturated carbocycles. The number of nitrogens with two attached hydrogens (primary N) is 1. The van der Waals surface area contributed by atoms with E-state index < -0.39 is 0 Å². The molecule has 2 aliphatic heterocycles. The molecule has 2 bridgehead atoms. The quantitative estimate of drug-likeness (QED) is 0.515. The molecule has 7 rings (SSSR count). The first-order valence-corrected chi connectivity index (χ1v) is 11.3. The highest BCUT2D eigenvalue weighted by molar-refractivity contribution is 5.93. The van der Waals surface area contributed by atoms with Crippen LogP contribution in [0.1, 0.15) is 54.6 Å². The van der Waals surface area contributed by atoms with E-state index in [2.05, 4.69) is 21.8 Å². The fourth-order valence-electron chi connectivity index (χ4n) is 5.55. The average molecular weight is 424 g/mol. The van der Waals surface area contributed by atoms with Gasteiger partial charge in [0, 0.05) is 28.8 Å². The van der Waals surface area contributed by atoms with Gasteiger partial charge < -0.3 is 5.73 Å². The maximum Gasteiger partial charge on any atom is 0.221 e. The molecule has 0 radical (unpaired) electrons. The van der Waals surface area contributed by atoms with Crippen LogP contribution in [0.25, 0.3) is 33.4 Å². The van der Waals surface area contributed by atoms with Gasteiger partial charge >= 0.3 is 0 Å². The van der Waals surface area contributed by atoms with Gasteiger partial charge in [-0.2, -0.15) is 5.10 Å². The minimum Gasteiger partial charge on any atom is -0.369 e. The van der Waals surface area contributed by atoms with Crippen LogP contribution in [0.5, 0.6) is 0 Å². The van der Waals surface area contributed by atoms with E-state index in [1.54, 1.807) is 6.20 Å². The number of pyridine rings is 2. The molecular formula is C26H25N5O. The molecule has 4 aromatic rings. The average Bonchev–Trinajstić information content (AvgIpc) is 3.22. The Kier molecular flexibility index (Phi) is 4.35. The Morgan fingerprint density at radius 1 is 1.12 bits per heavy atom. The molecule has 160 valence electrons. The van der Waals surface area contributed by atoms with Crippen LogP contribution in [0.3, 0.4) is 0 Å². The third kappa shape index (κ3) is 3.01. The number of nitrogens with zero attached hydrogens (tertiary/aromatic N) is 4. The number of fused-ring (bicyclic) bond motifs is 3. The van der Waals surface area contributed by atoms with Gasteiger partial charge in [-0.1, -0.05) is 12.1 Å². The Morgan fingerprint density at radius 2 is 1.97 bits per heavy atom. The van der Waals surface area contributed by atoms with Crippen LogP contribution < -0.4 is 5.73 Å². The van der Waals surface area contributed by atoms with Crippen LogP contribution in [0, 0.1) is 6.92 Å². The van der Waals surface area contributed by atoms with Crippen molar-refractivity contribution in [1.82, 2.24) is 19.7 Å². The first-order valence-electron chi connectivity index (χ1n) is 11.3. The Bertz CT molecular complexity index is 1360. The largest absolute Gasteiger partial charge is 0.369 e. The Labute approximate surface area is 186 Å². The molecule has 0 spiro atoms. The number of amides is 1. The van der Waals surface area contributed by atoms with Gasteiger partial charge in [0.05, 0.1) is 29.4 Å². The zero-order valence-corrected chi connectivity index (χ0v) is 18.1. The standard InChI is InChI=1S/C26H25N5O/c1-15-3-2-4-22(29-15)25-24(26-16-5-8-19(9-6-16)31(26)30-25)18-7-10-21-20(13-18)17(11-12-28-21)14-23(27)32/h2-4,7,10-13,16,19H,5-6,8-9,14H2,1H3,(H2,27,32). The van der Waals surface area contributed by atoms with Crippen molar-refractivity contribution in [2.75, 3.05) is 0 Å². The van der Waals surface area contributed by atoms with Crippen molar-refractivity contribution in [1.29, 1.82) is 0 Å². The van der Waals surface area contributed by atoms with Crippen LogP contribution in [-0.2, 0) is 11.2 Å². The first kappa shape index (κ1) is 19.2. The summed E-state index contributed by atoms with van der Waals surface area (Å²) in [6.07, 6.45) is 6.76. The minimum atomic E-state index is -0.340. The van der Waals surface area contributed by atoms with E-state index in [4.69, 9.17) is 15.8 Å². The Balaban J connectivity index is 1.61. The predicted molar refractivity (Wildman–Crippen MR) is 124 cm³/mol. The smallest absolute Gasteiger partial charge is 0.221 e. The summed E-state index contributed by atoms with van der Waals surface area (Å²) in [5.74, 6) is 0.184. The molecule has 0 unspecified atom stereocenters. The summed E-state index contributed by atoms with van der Waals surface area (Å²) in [5.41, 5.74) is 13.7. The number of aryl methyl sites for hydroxylation is 1. The number of rotatable bonds is 4. The van der Waals surface area contributed by atoms with Crippen LogP contribution in [0.4, 0.5) is 0 Å². The lowest BCUT2D eigenvalue weighted by atomic mass is 9.77. The lowest BCUT2D eigenvalue weighted by molar-refractivity contribution is -0.117. The maximum atomic E-state index is 11.7. The number of hydrogen-bond acceptors (Lipinski definition) is 4. The van der Waals surface area contributed by atoms with Gasteiger partial charge in [-0.05, 0) is 74.1 Å². The van der Waals surface area contributed by atoms with Gasteiger partial charge in [-0.15, -0.1) is 0 Å². The molecule has 5 heterocycles. The van der Waals surface area contributed by atoms with Crippen LogP contribution in [-0.4, -0.2) is 25.7 Å². The number of carbonyl (C=O) groups is 1. The lowest BCUT2D eigenvalue weighted by Gasteiger charge is -2.37. The predicted octanol–water partition coefficient (Wildman–Crippen LogP) is 4.71. The van der Waals surface area contributed by atoms with Gasteiger partial charge in [-0.25, -0.2) is 0 Å². The topological polar surface area (TPSA) is 86.7 Å². The number of benzene rings is 1. The normalized spacial score (nSPS) is 19.3. The number of aromatic nitrogens is 4. The van der Waals surface area contributed by atoms with Gasteiger partial charge in [-0.3, -0.25) is 19.4 Å². The SMILES string of the molecule is Cc1cccc(-c2nn3c(c2-c2ccc4nccc(CC(N)=O)c4c2)C2CCC3CC2)n1. The molecule has 1 aromatic carbocycles. The highest BCUT2D eigenvalue weighted by atomic mass is 16.1.